The minimum Gasteiger partial charge on any atom is -0.481 e. The van der Waals surface area contributed by atoms with E-state index >= 15 is 0 Å². The molecule has 0 fully saturated rings. The third kappa shape index (κ3) is 23.2. The summed E-state index contributed by atoms with van der Waals surface area (Å²) in [5.41, 5.74) is 36.6. The second-order valence-corrected chi connectivity index (χ2v) is 37.4. The average Bonchev–Trinajstić information content (AvgIpc) is 1.58. The van der Waals surface area contributed by atoms with Crippen molar-refractivity contribution in [1.82, 2.24) is 19.9 Å². The zero-order valence-electron chi connectivity index (χ0n) is 78.7. The molecule has 0 radical (unpaired) electrons. The number of hydrogen-bond acceptors (Lipinski definition) is 10. The monoisotopic (exact) mass is 1940 g/mol. The number of rotatable bonds is 17. The number of hydrogen-bond donors (Lipinski definition) is 4. The van der Waals surface area contributed by atoms with Gasteiger partial charge in [-0.1, -0.05) is 391 Å². The number of aliphatic carboxylic acids is 2. The second kappa shape index (κ2) is 45.2. The van der Waals surface area contributed by atoms with Gasteiger partial charge in [0.25, 0.3) is 11.9 Å². The van der Waals surface area contributed by atoms with Crippen LogP contribution in [-0.4, -0.2) is 59.3 Å². The molecule has 139 heavy (non-hydrogen) atoms. The first-order valence-electron chi connectivity index (χ1n) is 45.9. The summed E-state index contributed by atoms with van der Waals surface area (Å²) in [7, 11) is -2.00. The Kier molecular flexibility index (Phi) is 32.0. The number of benzene rings is 17. The quantitative estimate of drug-likeness (QED) is 0.0387. The van der Waals surface area contributed by atoms with E-state index in [4.69, 9.17) is 31.4 Å². The molecule has 21 rings (SSSR count). The summed E-state index contributed by atoms with van der Waals surface area (Å²) < 4.78 is 0. The van der Waals surface area contributed by atoms with Crippen molar-refractivity contribution in [3.63, 3.8) is 0 Å². The van der Waals surface area contributed by atoms with Crippen molar-refractivity contribution in [2.75, 3.05) is 9.80 Å². The summed E-state index contributed by atoms with van der Waals surface area (Å²) in [5.74, 6) is -1.67. The van der Waals surface area contributed by atoms with E-state index in [0.717, 1.165) is 87.3 Å². The number of halogens is 1. The third-order valence-electron chi connectivity index (χ3n) is 24.9. The molecule has 2 aromatic heterocycles. The van der Waals surface area contributed by atoms with E-state index in [9.17, 15) is 10.0 Å². The van der Waals surface area contributed by atoms with Gasteiger partial charge in [0.15, 0.2) is 0 Å². The van der Waals surface area contributed by atoms with Gasteiger partial charge >= 0.3 is 7.12 Å². The van der Waals surface area contributed by atoms with Crippen LogP contribution in [0.5, 0.6) is 0 Å². The first kappa shape index (κ1) is 98.3. The number of fused-ring (bicyclic) bond motifs is 6. The number of aryl methyl sites for hydroxylation is 3. The van der Waals surface area contributed by atoms with Gasteiger partial charge in [0.05, 0.1) is 17.1 Å². The number of carboxylic acid groups (broad SMARTS) is 2. The number of anilines is 6. The van der Waals surface area contributed by atoms with E-state index in [1.807, 2.05) is 54.6 Å². The van der Waals surface area contributed by atoms with Crippen molar-refractivity contribution in [3.8, 4) is 101 Å². The van der Waals surface area contributed by atoms with Crippen LogP contribution in [0, 0.1) is 20.8 Å². The van der Waals surface area contributed by atoms with Gasteiger partial charge in [-0.3, -0.25) is 9.59 Å². The molecule has 0 aliphatic heterocycles. The van der Waals surface area contributed by atoms with Crippen molar-refractivity contribution >= 4 is 94.1 Å². The topological polar surface area (TPSA) is 173 Å². The Labute approximate surface area is 835 Å². The van der Waals surface area contributed by atoms with Crippen LogP contribution < -0.4 is 31.2 Å². The molecule has 17 aromatic carbocycles. The van der Waals surface area contributed by atoms with Crippen LogP contribution in [-0.2, 0) is 40.8 Å². The number of carbonyl (C=O) groups is 2. The fourth-order valence-corrected chi connectivity index (χ4v) is 20.8. The molecule has 4 N–H and O–H groups in total. The molecule has 16 heteroatoms. The first-order chi connectivity index (χ1) is 66.9. The first-order valence-corrected chi connectivity index (χ1v) is 47.6. The smallest absolute Gasteiger partial charge is 0.481 e. The zero-order chi connectivity index (χ0) is 96.4. The fourth-order valence-electron chi connectivity index (χ4n) is 17.9. The SMILES string of the molecule is CC(=O)O.CC(=O)O.CC1(C)c2ccccc2-c2ccc(N(c3ccc(-c4ccccc4)cc3)c3ccc(-c4cc(-c5ccc(-c6ccccc6)cc5)ncn4)cc3)cc21.CC1(C)c2ccccc2-c2ccc(N(c3ccc(B(O)O)cc3)c3ccc(-c4ccccc4)cc3)cc21.Cc1ccccc1P(c1ccccc1C)c1ccccc1C.Clc1cc(-c2ccc(-c3ccccc3)cc2)ncn1.[Pd]. The van der Waals surface area contributed by atoms with E-state index in [1.54, 1.807) is 24.5 Å². The molecule has 0 atom stereocenters. The molecule has 19 aromatic rings. The second-order valence-electron chi connectivity index (χ2n) is 34.9. The summed E-state index contributed by atoms with van der Waals surface area (Å²) in [6.07, 6.45) is 3.14. The maximum absolute atomic E-state index is 9.62. The van der Waals surface area contributed by atoms with Crippen LogP contribution in [0.2, 0.25) is 5.15 Å². The summed E-state index contributed by atoms with van der Waals surface area (Å²) in [6.45, 7) is 18.1. The minimum absolute atomic E-state index is 0. The predicted molar refractivity (Wildman–Crippen MR) is 574 cm³/mol. The van der Waals surface area contributed by atoms with Gasteiger partial charge in [-0.05, 0) is 235 Å². The summed E-state index contributed by atoms with van der Waals surface area (Å²) in [6, 6.07) is 153. The van der Waals surface area contributed by atoms with Crippen LogP contribution in [0.15, 0.2) is 449 Å². The zero-order valence-corrected chi connectivity index (χ0v) is 81.9. The van der Waals surface area contributed by atoms with Crippen molar-refractivity contribution in [1.29, 1.82) is 0 Å². The van der Waals surface area contributed by atoms with E-state index in [2.05, 4.69) is 442 Å². The molecular weight excluding hydrogens is 1840 g/mol. The van der Waals surface area contributed by atoms with Crippen LogP contribution >= 0.6 is 19.5 Å². The minimum atomic E-state index is -1.49. The Balaban J connectivity index is 0.000000146. The number of nitrogens with zero attached hydrogens (tertiary/aromatic N) is 6. The van der Waals surface area contributed by atoms with Crippen molar-refractivity contribution < 1.29 is 50.3 Å². The van der Waals surface area contributed by atoms with Crippen molar-refractivity contribution in [3.05, 3.63) is 494 Å². The van der Waals surface area contributed by atoms with Gasteiger partial charge in [0.1, 0.15) is 17.8 Å². The third-order valence-corrected chi connectivity index (χ3v) is 28.1. The van der Waals surface area contributed by atoms with E-state index in [1.165, 1.54) is 122 Å². The van der Waals surface area contributed by atoms with Gasteiger partial charge in [0.2, 0.25) is 0 Å². The summed E-state index contributed by atoms with van der Waals surface area (Å²) in [4.78, 5) is 40.0. The molecule has 2 heterocycles. The molecule has 2 aliphatic carbocycles. The number of carboxylic acids is 2. The molecule has 0 amide bonds. The molecule has 12 nitrogen and oxygen atoms in total. The molecule has 0 saturated carbocycles. The molecule has 0 spiro atoms. The van der Waals surface area contributed by atoms with Gasteiger partial charge < -0.3 is 30.1 Å². The maximum Gasteiger partial charge on any atom is 0.488 e. The van der Waals surface area contributed by atoms with Crippen molar-refractivity contribution in [2.45, 2.75) is 73.1 Å². The Morgan fingerprint density at radius 3 is 0.827 bits per heavy atom. The van der Waals surface area contributed by atoms with Crippen LogP contribution in [0.25, 0.3) is 101 Å². The van der Waals surface area contributed by atoms with Crippen LogP contribution in [0.1, 0.15) is 80.5 Å². The van der Waals surface area contributed by atoms with Gasteiger partial charge in [0, 0.05) is 102 Å². The van der Waals surface area contributed by atoms with Crippen LogP contribution in [0.4, 0.5) is 34.1 Å². The molecule has 2 aliphatic rings. The molecule has 0 bridgehead atoms. The summed E-state index contributed by atoms with van der Waals surface area (Å²) in [5, 5.41) is 38.9. The van der Waals surface area contributed by atoms with E-state index < -0.39 is 27.0 Å². The Morgan fingerprint density at radius 2 is 0.518 bits per heavy atom. The van der Waals surface area contributed by atoms with Gasteiger partial charge in [-0.25, -0.2) is 19.9 Å². The predicted octanol–water partition coefficient (Wildman–Crippen LogP) is 28.7. The molecular formula is C123H105BClN6O6PPd. The standard InChI is InChI=1S/C49H37N3.C33H28BNO2.C21H21P.C16H11ClN2.2C2H4O2.Pd/c1-49(2)45-16-10-9-15-43(45)44-30-29-42(31-46(44)49)52(40-25-21-37(22-26-40)35-13-7-4-8-14-35)41-27-23-39(24-28-41)48-32-47(50-33-51-48)38-19-17-36(18-20-38)34-11-5-3-6-12-34;1-33(2)31-11-7-6-10-29(31)30-21-20-28(22-32(30)33)35(27-18-14-25(15-19-27)34(36)37)26-16-12-24(13-17-26)23-8-4-3-5-9-23;1-16-10-4-7-13-19(16)22(20-14-8-5-11-17(20)2)21-15-9-6-12-18(21)3;17-16-10-15(18-11-19-16)14-8-6-13(7-9-14)12-4-2-1-3-5-12;2*1-2(3)4;/h3-33H,1-2H3;3-22,36-37H,1-2H3;4-15H,1-3H3;1-11H;2*1H3,(H,3,4);. The fraction of sp³-hybridized carbons (Fsp3) is 0.0894. The van der Waals surface area contributed by atoms with E-state index in [-0.39, 0.29) is 31.3 Å². The Bertz CT molecular complexity index is 7290. The largest absolute Gasteiger partial charge is 0.488 e. The van der Waals surface area contributed by atoms with Gasteiger partial charge in [-0.2, -0.15) is 0 Å². The summed E-state index contributed by atoms with van der Waals surface area (Å²) >= 11 is 5.87. The Morgan fingerprint density at radius 1 is 0.281 bits per heavy atom. The molecule has 688 valence electrons. The van der Waals surface area contributed by atoms with Crippen LogP contribution in [0.3, 0.4) is 0 Å². The van der Waals surface area contributed by atoms with Gasteiger partial charge in [-0.15, -0.1) is 0 Å². The van der Waals surface area contributed by atoms with Crippen molar-refractivity contribution in [2.24, 2.45) is 0 Å². The van der Waals surface area contributed by atoms with E-state index in [0.29, 0.717) is 10.6 Å². The maximum atomic E-state index is 9.62. The molecule has 0 saturated heterocycles. The number of aromatic nitrogens is 4. The normalized spacial score (nSPS) is 11.7. The average molecular weight is 1950 g/mol. The Hall–Kier alpha value is -15.2. The molecule has 0 unspecified atom stereocenters.